The Morgan fingerprint density at radius 3 is 1.91 bits per heavy atom. The van der Waals surface area contributed by atoms with Crippen molar-refractivity contribution in [3.63, 3.8) is 0 Å². The Balaban J connectivity index is 1.86. The van der Waals surface area contributed by atoms with Crippen LogP contribution in [-0.2, 0) is 9.59 Å². The first-order valence-corrected chi connectivity index (χ1v) is 11.5. The molecule has 0 atom stereocenters. The van der Waals surface area contributed by atoms with E-state index in [0.29, 0.717) is 29.3 Å². The highest BCUT2D eigenvalue weighted by Crippen LogP contribution is 2.30. The molecule has 0 bridgehead atoms. The molecule has 160 valence electrons. The predicted molar refractivity (Wildman–Crippen MR) is 139 cm³/mol. The van der Waals surface area contributed by atoms with Crippen LogP contribution < -0.4 is 14.5 Å². The van der Waals surface area contributed by atoms with Crippen LogP contribution in [0.4, 0.5) is 11.4 Å². The van der Waals surface area contributed by atoms with E-state index in [1.54, 1.807) is 30.3 Å². The number of hydrogen-bond donors (Lipinski definition) is 0. The molecule has 7 heteroatoms. The van der Waals surface area contributed by atoms with Crippen molar-refractivity contribution < 1.29 is 14.3 Å². The zero-order valence-electron chi connectivity index (χ0n) is 17.2. The molecule has 2 amide bonds. The van der Waals surface area contributed by atoms with Crippen molar-refractivity contribution >= 4 is 69.2 Å². The van der Waals surface area contributed by atoms with Gasteiger partial charge in [-0.25, -0.2) is 0 Å². The fourth-order valence-corrected chi connectivity index (χ4v) is 4.47. The SMILES string of the molecule is CCOc1cc(I)cc(C=C2C(=O)N(c3ccccc3)C(=S)N(c3ccccc3)C2=O)c1. The maximum Gasteiger partial charge on any atom is 0.270 e. The third-order valence-electron chi connectivity index (χ3n) is 4.79. The molecular weight excluding hydrogens is 535 g/mol. The van der Waals surface area contributed by atoms with Crippen LogP contribution in [0.5, 0.6) is 5.75 Å². The van der Waals surface area contributed by atoms with Gasteiger partial charge in [-0.1, -0.05) is 36.4 Å². The molecule has 0 aliphatic carbocycles. The summed E-state index contributed by atoms with van der Waals surface area (Å²) >= 11 is 7.81. The molecule has 0 saturated carbocycles. The zero-order chi connectivity index (χ0) is 22.7. The standard InChI is InChI=1S/C25H19IN2O3S/c1-2-31-21-14-17(13-18(26)16-21)15-22-23(29)27(19-9-5-3-6-10-19)25(32)28(24(22)30)20-11-7-4-8-12-20/h3-16H,2H2,1H3. The van der Waals surface area contributed by atoms with E-state index in [0.717, 1.165) is 3.57 Å². The third-order valence-corrected chi connectivity index (χ3v) is 5.78. The van der Waals surface area contributed by atoms with Crippen molar-refractivity contribution in [1.82, 2.24) is 0 Å². The minimum Gasteiger partial charge on any atom is -0.494 e. The van der Waals surface area contributed by atoms with Crippen molar-refractivity contribution in [3.05, 3.63) is 93.6 Å². The van der Waals surface area contributed by atoms with Crippen LogP contribution in [0, 0.1) is 3.57 Å². The summed E-state index contributed by atoms with van der Waals surface area (Å²) < 4.78 is 6.56. The first-order chi connectivity index (χ1) is 15.5. The molecule has 3 aromatic rings. The molecule has 0 aromatic heterocycles. The number of amides is 2. The molecule has 1 saturated heterocycles. The van der Waals surface area contributed by atoms with Gasteiger partial charge in [-0.05, 0) is 95.8 Å². The van der Waals surface area contributed by atoms with Gasteiger partial charge in [0.2, 0.25) is 0 Å². The number of benzene rings is 3. The number of thiocarbonyl (C=S) groups is 1. The van der Waals surface area contributed by atoms with E-state index in [1.807, 2.05) is 61.5 Å². The van der Waals surface area contributed by atoms with E-state index in [2.05, 4.69) is 22.6 Å². The Morgan fingerprint density at radius 2 is 1.41 bits per heavy atom. The Bertz CT molecular complexity index is 1150. The molecule has 0 unspecified atom stereocenters. The van der Waals surface area contributed by atoms with Gasteiger partial charge in [0.25, 0.3) is 11.8 Å². The van der Waals surface area contributed by atoms with Gasteiger partial charge < -0.3 is 4.74 Å². The topological polar surface area (TPSA) is 49.9 Å². The molecule has 32 heavy (non-hydrogen) atoms. The number of halogens is 1. The van der Waals surface area contributed by atoms with Gasteiger partial charge in [0.15, 0.2) is 5.11 Å². The lowest BCUT2D eigenvalue weighted by Gasteiger charge is -2.36. The highest BCUT2D eigenvalue weighted by atomic mass is 127. The summed E-state index contributed by atoms with van der Waals surface area (Å²) in [7, 11) is 0. The van der Waals surface area contributed by atoms with Crippen molar-refractivity contribution in [1.29, 1.82) is 0 Å². The minimum absolute atomic E-state index is 0.0238. The Labute approximate surface area is 205 Å². The fraction of sp³-hybridized carbons (Fsp3) is 0.0800. The normalized spacial score (nSPS) is 14.1. The van der Waals surface area contributed by atoms with Crippen LogP contribution >= 0.6 is 34.8 Å². The maximum atomic E-state index is 13.5. The largest absolute Gasteiger partial charge is 0.494 e. The lowest BCUT2D eigenvalue weighted by Crippen LogP contribution is -2.56. The second-order valence-electron chi connectivity index (χ2n) is 6.95. The number of anilines is 2. The second-order valence-corrected chi connectivity index (χ2v) is 8.56. The van der Waals surface area contributed by atoms with Gasteiger partial charge in [0.05, 0.1) is 18.0 Å². The summed E-state index contributed by atoms with van der Waals surface area (Å²) in [6.07, 6.45) is 1.60. The minimum atomic E-state index is -0.463. The first kappa shape index (κ1) is 22.2. The van der Waals surface area contributed by atoms with Crippen LogP contribution in [0.1, 0.15) is 12.5 Å². The highest BCUT2D eigenvalue weighted by Gasteiger charge is 2.41. The Morgan fingerprint density at radius 1 is 0.875 bits per heavy atom. The van der Waals surface area contributed by atoms with Crippen LogP contribution in [0.25, 0.3) is 6.08 Å². The van der Waals surface area contributed by atoms with Crippen LogP contribution in [0.2, 0.25) is 0 Å². The molecule has 1 aliphatic rings. The second kappa shape index (κ2) is 9.62. The Hall–Kier alpha value is -3.04. The van der Waals surface area contributed by atoms with E-state index in [-0.39, 0.29) is 10.7 Å². The molecular formula is C25H19IN2O3S. The molecule has 1 aliphatic heterocycles. The van der Waals surface area contributed by atoms with Gasteiger partial charge in [-0.3, -0.25) is 19.4 Å². The van der Waals surface area contributed by atoms with Gasteiger partial charge >= 0.3 is 0 Å². The monoisotopic (exact) mass is 554 g/mol. The van der Waals surface area contributed by atoms with E-state index < -0.39 is 11.8 Å². The van der Waals surface area contributed by atoms with Crippen molar-refractivity contribution in [2.45, 2.75) is 6.92 Å². The Kier molecular flexibility index (Phi) is 6.66. The summed E-state index contributed by atoms with van der Waals surface area (Å²) in [6.45, 7) is 2.43. The summed E-state index contributed by atoms with van der Waals surface area (Å²) in [6, 6.07) is 23.8. The highest BCUT2D eigenvalue weighted by molar-refractivity contribution is 14.1. The van der Waals surface area contributed by atoms with Crippen LogP contribution in [-0.4, -0.2) is 23.5 Å². The van der Waals surface area contributed by atoms with Crippen LogP contribution in [0.15, 0.2) is 84.4 Å². The van der Waals surface area contributed by atoms with E-state index >= 15 is 0 Å². The number of para-hydroxylation sites is 2. The van der Waals surface area contributed by atoms with Crippen molar-refractivity contribution in [3.8, 4) is 5.75 Å². The van der Waals surface area contributed by atoms with Gasteiger partial charge in [-0.15, -0.1) is 0 Å². The molecule has 4 rings (SSSR count). The number of carbonyl (C=O) groups is 2. The molecule has 0 spiro atoms. The van der Waals surface area contributed by atoms with E-state index in [1.165, 1.54) is 9.80 Å². The number of nitrogens with zero attached hydrogens (tertiary/aromatic N) is 2. The number of carbonyl (C=O) groups excluding carboxylic acids is 2. The zero-order valence-corrected chi connectivity index (χ0v) is 20.2. The van der Waals surface area contributed by atoms with Gasteiger partial charge in [0.1, 0.15) is 11.3 Å². The van der Waals surface area contributed by atoms with Gasteiger partial charge in [0, 0.05) is 3.57 Å². The smallest absolute Gasteiger partial charge is 0.270 e. The number of ether oxygens (including phenoxy) is 1. The van der Waals surface area contributed by atoms with Gasteiger partial charge in [-0.2, -0.15) is 0 Å². The molecule has 0 radical (unpaired) electrons. The summed E-state index contributed by atoms with van der Waals surface area (Å²) in [4.78, 5) is 29.8. The van der Waals surface area contributed by atoms with E-state index in [9.17, 15) is 9.59 Å². The third kappa shape index (κ3) is 4.44. The average molecular weight is 554 g/mol. The molecule has 1 fully saturated rings. The lowest BCUT2D eigenvalue weighted by atomic mass is 10.0. The maximum absolute atomic E-state index is 13.5. The van der Waals surface area contributed by atoms with Crippen molar-refractivity contribution in [2.75, 3.05) is 16.4 Å². The van der Waals surface area contributed by atoms with Crippen LogP contribution in [0.3, 0.4) is 0 Å². The predicted octanol–water partition coefficient (Wildman–Crippen LogP) is 5.44. The van der Waals surface area contributed by atoms with Crippen molar-refractivity contribution in [2.24, 2.45) is 0 Å². The first-order valence-electron chi connectivity index (χ1n) is 9.97. The fourth-order valence-electron chi connectivity index (χ4n) is 3.42. The van der Waals surface area contributed by atoms with E-state index in [4.69, 9.17) is 17.0 Å². The summed E-state index contributed by atoms with van der Waals surface area (Å²) in [5, 5.41) is 0.118. The summed E-state index contributed by atoms with van der Waals surface area (Å²) in [5.74, 6) is -0.247. The molecule has 3 aromatic carbocycles. The average Bonchev–Trinajstić information content (AvgIpc) is 2.78. The number of rotatable bonds is 5. The molecule has 0 N–H and O–H groups in total. The molecule has 5 nitrogen and oxygen atoms in total. The quantitative estimate of drug-likeness (QED) is 0.183. The lowest BCUT2D eigenvalue weighted by molar-refractivity contribution is -0.120. The number of hydrogen-bond acceptors (Lipinski definition) is 4. The molecule has 1 heterocycles. The summed E-state index contributed by atoms with van der Waals surface area (Å²) in [5.41, 5.74) is 1.92.